The van der Waals surface area contributed by atoms with Gasteiger partial charge in [0.1, 0.15) is 0 Å². The van der Waals surface area contributed by atoms with E-state index >= 15 is 0 Å². The second-order valence-electron chi connectivity index (χ2n) is 5.48. The molecule has 1 amide bonds. The van der Waals surface area contributed by atoms with Crippen molar-refractivity contribution in [2.45, 2.75) is 26.2 Å². The van der Waals surface area contributed by atoms with Crippen LogP contribution in [0.2, 0.25) is 0 Å². The van der Waals surface area contributed by atoms with Gasteiger partial charge < -0.3 is 20.1 Å². The van der Waals surface area contributed by atoms with Gasteiger partial charge in [-0.1, -0.05) is 13.3 Å². The first-order valence-corrected chi connectivity index (χ1v) is 7.15. The molecule has 0 aliphatic carbocycles. The predicted molar refractivity (Wildman–Crippen MR) is 76.0 cm³/mol. The summed E-state index contributed by atoms with van der Waals surface area (Å²) in [6, 6.07) is 5.51. The highest BCUT2D eigenvalue weighted by atomic mass is 16.7. The normalized spacial score (nSPS) is 23.9. The van der Waals surface area contributed by atoms with Crippen LogP contribution in [0, 0.1) is 5.41 Å². The van der Waals surface area contributed by atoms with E-state index in [4.69, 9.17) is 9.47 Å². The minimum absolute atomic E-state index is 0.100. The molecule has 0 spiro atoms. The number of nitrogens with one attached hydrogen (secondary N) is 2. The highest BCUT2D eigenvalue weighted by Crippen LogP contribution is 2.36. The van der Waals surface area contributed by atoms with Crippen molar-refractivity contribution in [3.8, 4) is 11.5 Å². The summed E-state index contributed by atoms with van der Waals surface area (Å²) < 4.78 is 10.6. The molecule has 1 aromatic rings. The van der Waals surface area contributed by atoms with E-state index in [0.717, 1.165) is 43.8 Å². The molecule has 20 heavy (non-hydrogen) atoms. The Morgan fingerprint density at radius 1 is 1.40 bits per heavy atom. The van der Waals surface area contributed by atoms with Crippen LogP contribution in [-0.2, 0) is 4.79 Å². The maximum Gasteiger partial charge on any atom is 0.231 e. The van der Waals surface area contributed by atoms with Gasteiger partial charge in [0.15, 0.2) is 11.5 Å². The number of benzene rings is 1. The van der Waals surface area contributed by atoms with Crippen LogP contribution in [0.1, 0.15) is 26.2 Å². The average molecular weight is 276 g/mol. The van der Waals surface area contributed by atoms with E-state index in [1.54, 1.807) is 0 Å². The molecular formula is C15H20N2O3. The SMILES string of the molecule is CCCC1(C(=O)Nc2ccc3c(c2)OCO3)CCNC1. The Morgan fingerprint density at radius 2 is 2.25 bits per heavy atom. The average Bonchev–Trinajstić information content (AvgIpc) is 3.08. The van der Waals surface area contributed by atoms with Crippen molar-refractivity contribution < 1.29 is 14.3 Å². The van der Waals surface area contributed by atoms with Crippen LogP contribution in [0.25, 0.3) is 0 Å². The van der Waals surface area contributed by atoms with Crippen molar-refractivity contribution in [1.82, 2.24) is 5.32 Å². The van der Waals surface area contributed by atoms with Crippen molar-refractivity contribution in [2.24, 2.45) is 5.41 Å². The van der Waals surface area contributed by atoms with E-state index in [-0.39, 0.29) is 18.1 Å². The van der Waals surface area contributed by atoms with Gasteiger partial charge in [-0.25, -0.2) is 0 Å². The summed E-state index contributed by atoms with van der Waals surface area (Å²) >= 11 is 0. The highest BCUT2D eigenvalue weighted by molar-refractivity contribution is 5.96. The Hall–Kier alpha value is -1.75. The van der Waals surface area contributed by atoms with Crippen molar-refractivity contribution in [2.75, 3.05) is 25.2 Å². The number of rotatable bonds is 4. The first-order valence-electron chi connectivity index (χ1n) is 7.15. The fourth-order valence-corrected chi connectivity index (χ4v) is 2.98. The number of hydrogen-bond acceptors (Lipinski definition) is 4. The molecule has 5 nitrogen and oxygen atoms in total. The van der Waals surface area contributed by atoms with E-state index in [9.17, 15) is 4.79 Å². The first kappa shape index (κ1) is 13.2. The van der Waals surface area contributed by atoms with Gasteiger partial charge in [-0.15, -0.1) is 0 Å². The minimum atomic E-state index is -0.273. The maximum atomic E-state index is 12.6. The second-order valence-corrected chi connectivity index (χ2v) is 5.48. The first-order chi connectivity index (χ1) is 9.73. The molecule has 0 aromatic heterocycles. The number of amides is 1. The molecule has 2 aliphatic heterocycles. The number of carbonyl (C=O) groups is 1. The quantitative estimate of drug-likeness (QED) is 0.884. The number of carbonyl (C=O) groups excluding carboxylic acids is 1. The summed E-state index contributed by atoms with van der Waals surface area (Å²) in [6.45, 7) is 4.04. The molecule has 0 bridgehead atoms. The Balaban J connectivity index is 1.74. The van der Waals surface area contributed by atoms with Crippen molar-refractivity contribution >= 4 is 11.6 Å². The Bertz CT molecular complexity index is 510. The summed E-state index contributed by atoms with van der Waals surface area (Å²) in [7, 11) is 0. The molecule has 3 rings (SSSR count). The van der Waals surface area contributed by atoms with Gasteiger partial charge in [0.05, 0.1) is 5.41 Å². The van der Waals surface area contributed by atoms with Crippen molar-refractivity contribution in [1.29, 1.82) is 0 Å². The lowest BCUT2D eigenvalue weighted by atomic mass is 9.81. The second kappa shape index (κ2) is 5.32. The topological polar surface area (TPSA) is 59.6 Å². The minimum Gasteiger partial charge on any atom is -0.454 e. The lowest BCUT2D eigenvalue weighted by molar-refractivity contribution is -0.125. The highest BCUT2D eigenvalue weighted by Gasteiger charge is 2.40. The van der Waals surface area contributed by atoms with Crippen molar-refractivity contribution in [3.63, 3.8) is 0 Å². The zero-order valence-corrected chi connectivity index (χ0v) is 11.7. The predicted octanol–water partition coefficient (Wildman–Crippen LogP) is 2.13. The monoisotopic (exact) mass is 276 g/mol. The third kappa shape index (κ3) is 2.33. The van der Waals surface area contributed by atoms with E-state index in [1.165, 1.54) is 0 Å². The summed E-state index contributed by atoms with van der Waals surface area (Å²) in [5, 5.41) is 6.33. The Labute approximate surface area is 118 Å². The van der Waals surface area contributed by atoms with E-state index in [2.05, 4.69) is 17.6 Å². The zero-order chi connectivity index (χ0) is 14.0. The lowest BCUT2D eigenvalue weighted by Gasteiger charge is -2.26. The molecule has 2 heterocycles. The molecule has 1 fully saturated rings. The molecule has 0 saturated carbocycles. The van der Waals surface area contributed by atoms with Crippen LogP contribution < -0.4 is 20.1 Å². The molecule has 5 heteroatoms. The standard InChI is InChI=1S/C15H20N2O3/c1-2-5-15(6-7-16-9-15)14(18)17-11-3-4-12-13(8-11)20-10-19-12/h3-4,8,16H,2,5-7,9-10H2,1H3,(H,17,18). The van der Waals surface area contributed by atoms with Gasteiger partial charge in [0, 0.05) is 18.3 Å². The van der Waals surface area contributed by atoms with Gasteiger partial charge in [0.2, 0.25) is 12.7 Å². The van der Waals surface area contributed by atoms with Gasteiger partial charge in [-0.2, -0.15) is 0 Å². The van der Waals surface area contributed by atoms with Crippen LogP contribution in [0.3, 0.4) is 0 Å². The summed E-state index contributed by atoms with van der Waals surface area (Å²) in [6.07, 6.45) is 2.82. The van der Waals surface area contributed by atoms with E-state index in [1.807, 2.05) is 18.2 Å². The molecule has 108 valence electrons. The molecule has 0 radical (unpaired) electrons. The van der Waals surface area contributed by atoms with Crippen LogP contribution in [0.15, 0.2) is 18.2 Å². The summed E-state index contributed by atoms with van der Waals surface area (Å²) in [5.74, 6) is 1.52. The maximum absolute atomic E-state index is 12.6. The smallest absolute Gasteiger partial charge is 0.231 e. The molecule has 1 unspecified atom stereocenters. The number of ether oxygens (including phenoxy) is 2. The number of anilines is 1. The van der Waals surface area contributed by atoms with Crippen LogP contribution in [0.5, 0.6) is 11.5 Å². The van der Waals surface area contributed by atoms with Gasteiger partial charge in [-0.05, 0) is 31.5 Å². The third-order valence-electron chi connectivity index (χ3n) is 4.08. The van der Waals surface area contributed by atoms with Crippen molar-refractivity contribution in [3.05, 3.63) is 18.2 Å². The summed E-state index contributed by atoms with van der Waals surface area (Å²) in [4.78, 5) is 12.6. The molecule has 1 aromatic carbocycles. The zero-order valence-electron chi connectivity index (χ0n) is 11.7. The lowest BCUT2D eigenvalue weighted by Crippen LogP contribution is -2.38. The van der Waals surface area contributed by atoms with Gasteiger partial charge in [0.25, 0.3) is 0 Å². The fourth-order valence-electron chi connectivity index (χ4n) is 2.98. The van der Waals surface area contributed by atoms with Crippen LogP contribution >= 0.6 is 0 Å². The molecular weight excluding hydrogens is 256 g/mol. The van der Waals surface area contributed by atoms with E-state index in [0.29, 0.717) is 5.75 Å². The van der Waals surface area contributed by atoms with Crippen LogP contribution in [-0.4, -0.2) is 25.8 Å². The number of fused-ring (bicyclic) bond motifs is 1. The third-order valence-corrected chi connectivity index (χ3v) is 4.08. The van der Waals surface area contributed by atoms with Crippen LogP contribution in [0.4, 0.5) is 5.69 Å². The molecule has 1 saturated heterocycles. The summed E-state index contributed by atoms with van der Waals surface area (Å²) in [5.41, 5.74) is 0.493. The van der Waals surface area contributed by atoms with Gasteiger partial charge in [-0.3, -0.25) is 4.79 Å². The Morgan fingerprint density at radius 3 is 3.00 bits per heavy atom. The number of hydrogen-bond donors (Lipinski definition) is 2. The molecule has 1 atom stereocenters. The van der Waals surface area contributed by atoms with Gasteiger partial charge >= 0.3 is 0 Å². The Kier molecular flexibility index (Phi) is 3.53. The fraction of sp³-hybridized carbons (Fsp3) is 0.533. The molecule has 2 N–H and O–H groups in total. The molecule has 2 aliphatic rings. The largest absolute Gasteiger partial charge is 0.454 e. The van der Waals surface area contributed by atoms with E-state index < -0.39 is 0 Å².